The van der Waals surface area contributed by atoms with Gasteiger partial charge in [0.15, 0.2) is 16.6 Å². The summed E-state index contributed by atoms with van der Waals surface area (Å²) in [5.41, 5.74) is 1.83. The summed E-state index contributed by atoms with van der Waals surface area (Å²) in [6.45, 7) is 1.79. The van der Waals surface area contributed by atoms with Gasteiger partial charge in [-0.3, -0.25) is 9.69 Å². The van der Waals surface area contributed by atoms with Crippen molar-refractivity contribution >= 4 is 32.6 Å². The average molecular weight is 398 g/mol. The molecule has 28 heavy (non-hydrogen) atoms. The Hall–Kier alpha value is -2.64. The third kappa shape index (κ3) is 4.10. The lowest BCUT2D eigenvalue weighted by Gasteiger charge is -2.21. The molecule has 1 amide bonds. The number of thiazole rings is 1. The highest BCUT2D eigenvalue weighted by Crippen LogP contribution is 2.39. The Morgan fingerprint density at radius 3 is 2.61 bits per heavy atom. The molecule has 0 unspecified atom stereocenters. The first-order valence-corrected chi connectivity index (χ1v) is 10.1. The number of fused-ring (bicyclic) bond motifs is 2. The maximum atomic E-state index is 13.1. The van der Waals surface area contributed by atoms with Crippen LogP contribution in [0.1, 0.15) is 12.0 Å². The number of anilines is 1. The van der Waals surface area contributed by atoms with Gasteiger partial charge in [0.05, 0.1) is 16.6 Å². The monoisotopic (exact) mass is 397 g/mol. The zero-order valence-electron chi connectivity index (χ0n) is 16.1. The molecule has 0 radical (unpaired) electrons. The van der Waals surface area contributed by atoms with Crippen molar-refractivity contribution in [2.75, 3.05) is 38.9 Å². The smallest absolute Gasteiger partial charge is 0.233 e. The molecule has 0 N–H and O–H groups in total. The normalized spacial score (nSPS) is 12.7. The number of carbonyl (C=O) groups is 1. The summed E-state index contributed by atoms with van der Waals surface area (Å²) in [5, 5.41) is 0.721. The van der Waals surface area contributed by atoms with Crippen molar-refractivity contribution in [1.82, 2.24) is 9.88 Å². The number of hydrogen-bond donors (Lipinski definition) is 0. The second-order valence-corrected chi connectivity index (χ2v) is 8.04. The van der Waals surface area contributed by atoms with E-state index in [0.717, 1.165) is 39.6 Å². The lowest BCUT2D eigenvalue weighted by atomic mass is 10.1. The van der Waals surface area contributed by atoms with Gasteiger partial charge >= 0.3 is 0 Å². The van der Waals surface area contributed by atoms with Gasteiger partial charge in [-0.25, -0.2) is 4.98 Å². The quantitative estimate of drug-likeness (QED) is 0.610. The van der Waals surface area contributed by atoms with E-state index < -0.39 is 0 Å². The molecule has 146 valence electrons. The van der Waals surface area contributed by atoms with Gasteiger partial charge in [0, 0.05) is 18.7 Å². The average Bonchev–Trinajstić information content (AvgIpc) is 3.29. The summed E-state index contributed by atoms with van der Waals surface area (Å²) in [6.07, 6.45) is 1.24. The molecule has 2 heterocycles. The van der Waals surface area contributed by atoms with Crippen molar-refractivity contribution in [3.63, 3.8) is 0 Å². The number of hydrogen-bond acceptors (Lipinski definition) is 6. The third-order valence-corrected chi connectivity index (χ3v) is 5.63. The second kappa shape index (κ2) is 8.16. The van der Waals surface area contributed by atoms with Crippen molar-refractivity contribution in [3.05, 3.63) is 48.0 Å². The molecule has 0 aliphatic carbocycles. The van der Waals surface area contributed by atoms with Gasteiger partial charge in [-0.1, -0.05) is 41.7 Å². The van der Waals surface area contributed by atoms with Crippen molar-refractivity contribution in [2.45, 2.75) is 12.8 Å². The number of rotatable bonds is 7. The third-order valence-electron chi connectivity index (χ3n) is 4.59. The van der Waals surface area contributed by atoms with Crippen LogP contribution in [0.5, 0.6) is 11.5 Å². The van der Waals surface area contributed by atoms with Crippen LogP contribution in [0, 0.1) is 0 Å². The van der Waals surface area contributed by atoms with Crippen molar-refractivity contribution in [3.8, 4) is 11.5 Å². The van der Waals surface area contributed by atoms with E-state index in [1.54, 1.807) is 0 Å². The van der Waals surface area contributed by atoms with Gasteiger partial charge in [0.1, 0.15) is 0 Å². The van der Waals surface area contributed by atoms with E-state index in [1.165, 1.54) is 11.3 Å². The van der Waals surface area contributed by atoms with Gasteiger partial charge in [0.25, 0.3) is 0 Å². The van der Waals surface area contributed by atoms with Gasteiger partial charge in [-0.15, -0.1) is 0 Å². The first kappa shape index (κ1) is 18.7. The number of benzene rings is 2. The van der Waals surface area contributed by atoms with E-state index in [-0.39, 0.29) is 12.7 Å². The molecule has 0 saturated carbocycles. The fourth-order valence-electron chi connectivity index (χ4n) is 3.16. The molecule has 6 nitrogen and oxygen atoms in total. The molecule has 2 aromatic carbocycles. The molecule has 0 saturated heterocycles. The Morgan fingerprint density at radius 1 is 1.11 bits per heavy atom. The summed E-state index contributed by atoms with van der Waals surface area (Å²) in [7, 11) is 4.07. The molecular weight excluding hydrogens is 374 g/mol. The maximum Gasteiger partial charge on any atom is 0.233 e. The predicted octanol–water partition coefficient (Wildman–Crippen LogP) is 3.55. The number of nitrogens with zero attached hydrogens (tertiary/aromatic N) is 3. The van der Waals surface area contributed by atoms with Gasteiger partial charge in [0.2, 0.25) is 12.7 Å². The summed E-state index contributed by atoms with van der Waals surface area (Å²) >= 11 is 1.51. The fraction of sp³-hybridized carbons (Fsp3) is 0.333. The lowest BCUT2D eigenvalue weighted by molar-refractivity contribution is -0.118. The van der Waals surface area contributed by atoms with Crippen LogP contribution in [0.15, 0.2) is 42.5 Å². The maximum absolute atomic E-state index is 13.1. The van der Waals surface area contributed by atoms with Crippen LogP contribution >= 0.6 is 11.3 Å². The van der Waals surface area contributed by atoms with Gasteiger partial charge < -0.3 is 14.4 Å². The van der Waals surface area contributed by atoms with Crippen molar-refractivity contribution in [2.24, 2.45) is 0 Å². The molecule has 3 aromatic rings. The molecule has 4 rings (SSSR count). The first-order valence-electron chi connectivity index (χ1n) is 9.29. The molecule has 0 spiro atoms. The van der Waals surface area contributed by atoms with Crippen LogP contribution < -0.4 is 14.4 Å². The number of amides is 1. The standard InChI is InChI=1S/C21H23N3O3S/c1-23(2)9-6-10-24(20(25)11-15-7-4-3-5-8-15)21-22-16-12-17-18(27-14-26-17)13-19(16)28-21/h3-5,7-8,12-13H,6,9-11,14H2,1-2H3. The van der Waals surface area contributed by atoms with Crippen LogP contribution in [-0.4, -0.2) is 49.8 Å². The Bertz CT molecular complexity index is 931. The summed E-state index contributed by atoms with van der Waals surface area (Å²) < 4.78 is 11.9. The van der Waals surface area contributed by atoms with Crippen LogP contribution in [0.2, 0.25) is 0 Å². The summed E-state index contributed by atoms with van der Waals surface area (Å²) in [4.78, 5) is 21.8. The van der Waals surface area contributed by atoms with E-state index in [0.29, 0.717) is 18.7 Å². The molecule has 1 aromatic heterocycles. The molecule has 1 aliphatic heterocycles. The lowest BCUT2D eigenvalue weighted by Crippen LogP contribution is -2.34. The highest BCUT2D eigenvalue weighted by atomic mass is 32.1. The minimum absolute atomic E-state index is 0.0593. The van der Waals surface area contributed by atoms with Crippen molar-refractivity contribution < 1.29 is 14.3 Å². The highest BCUT2D eigenvalue weighted by Gasteiger charge is 2.22. The Balaban J connectivity index is 1.60. The topological polar surface area (TPSA) is 54.9 Å². The second-order valence-electron chi connectivity index (χ2n) is 7.03. The van der Waals surface area contributed by atoms with Crippen LogP contribution in [0.25, 0.3) is 10.2 Å². The van der Waals surface area contributed by atoms with E-state index in [9.17, 15) is 4.79 Å². The minimum atomic E-state index is 0.0593. The number of ether oxygens (including phenoxy) is 2. The van der Waals surface area contributed by atoms with Crippen LogP contribution in [0.4, 0.5) is 5.13 Å². The Labute approximate surface area is 168 Å². The predicted molar refractivity (Wildman–Crippen MR) is 111 cm³/mol. The molecule has 0 bridgehead atoms. The van der Waals surface area contributed by atoms with Gasteiger partial charge in [-0.2, -0.15) is 0 Å². The Morgan fingerprint density at radius 2 is 1.86 bits per heavy atom. The SMILES string of the molecule is CN(C)CCCN(C(=O)Cc1ccccc1)c1nc2cc3c(cc2s1)OCO3. The molecular formula is C21H23N3O3S. The molecule has 0 fully saturated rings. The van der Waals surface area contributed by atoms with E-state index >= 15 is 0 Å². The largest absolute Gasteiger partial charge is 0.454 e. The number of carbonyl (C=O) groups excluding carboxylic acids is 1. The van der Waals surface area contributed by atoms with Crippen LogP contribution in [-0.2, 0) is 11.2 Å². The Kier molecular flexibility index (Phi) is 5.45. The zero-order valence-corrected chi connectivity index (χ0v) is 16.9. The summed E-state index contributed by atoms with van der Waals surface area (Å²) in [5.74, 6) is 1.50. The molecule has 1 aliphatic rings. The zero-order chi connectivity index (χ0) is 19.5. The van der Waals surface area contributed by atoms with Crippen LogP contribution in [0.3, 0.4) is 0 Å². The molecule has 0 atom stereocenters. The van der Waals surface area contributed by atoms with Gasteiger partial charge in [-0.05, 0) is 32.6 Å². The van der Waals surface area contributed by atoms with E-state index in [1.807, 2.05) is 61.5 Å². The van der Waals surface area contributed by atoms with Crippen molar-refractivity contribution in [1.29, 1.82) is 0 Å². The van der Waals surface area contributed by atoms with E-state index in [4.69, 9.17) is 14.5 Å². The fourth-order valence-corrected chi connectivity index (χ4v) is 4.18. The molecule has 7 heteroatoms. The summed E-state index contributed by atoms with van der Waals surface area (Å²) in [6, 6.07) is 13.7. The first-order chi connectivity index (χ1) is 13.6. The number of aromatic nitrogens is 1. The highest BCUT2D eigenvalue weighted by molar-refractivity contribution is 7.22. The minimum Gasteiger partial charge on any atom is -0.454 e. The van der Waals surface area contributed by atoms with E-state index in [2.05, 4.69) is 4.90 Å².